The molecule has 1 atom stereocenters. The van der Waals surface area contributed by atoms with E-state index in [2.05, 4.69) is 4.99 Å². The Kier molecular flexibility index (Phi) is 4.51. The van der Waals surface area contributed by atoms with Gasteiger partial charge in [0.1, 0.15) is 5.41 Å². The van der Waals surface area contributed by atoms with Crippen LogP contribution in [0.2, 0.25) is 0 Å². The number of Topliss-reactive ketones (excluding diaryl/α,β-unsaturated/α-hetero) is 1. The number of aliphatic imine (C=N–C) groups is 1. The van der Waals surface area contributed by atoms with Gasteiger partial charge >= 0.3 is 6.18 Å². The van der Waals surface area contributed by atoms with E-state index in [1.165, 1.54) is 4.90 Å². The van der Waals surface area contributed by atoms with Gasteiger partial charge in [0.05, 0.1) is 12.0 Å². The van der Waals surface area contributed by atoms with Crippen molar-refractivity contribution in [2.24, 2.45) is 22.1 Å². The van der Waals surface area contributed by atoms with Crippen LogP contribution in [0.25, 0.3) is 0 Å². The van der Waals surface area contributed by atoms with Crippen LogP contribution in [0.3, 0.4) is 0 Å². The smallest absolute Gasteiger partial charge is 0.369 e. The molecule has 0 spiro atoms. The number of hydrogen-bond acceptors (Lipinski definition) is 4. The van der Waals surface area contributed by atoms with E-state index in [-0.39, 0.29) is 37.6 Å². The Morgan fingerprint density at radius 2 is 2.00 bits per heavy atom. The van der Waals surface area contributed by atoms with Gasteiger partial charge in [0.15, 0.2) is 11.7 Å². The van der Waals surface area contributed by atoms with Gasteiger partial charge in [-0.2, -0.15) is 13.2 Å². The Balaban J connectivity index is 1.55. The normalized spacial score (nSPS) is 26.3. The first kappa shape index (κ1) is 19.9. The predicted octanol–water partition coefficient (Wildman–Crippen LogP) is 3.31. The van der Waals surface area contributed by atoms with E-state index in [4.69, 9.17) is 5.73 Å². The van der Waals surface area contributed by atoms with Gasteiger partial charge in [-0.05, 0) is 49.7 Å². The topological polar surface area (TPSA) is 75.8 Å². The molecule has 2 saturated carbocycles. The van der Waals surface area contributed by atoms with Crippen molar-refractivity contribution in [1.29, 1.82) is 0 Å². The number of carbonyl (C=O) groups is 2. The zero-order valence-electron chi connectivity index (χ0n) is 16.3. The summed E-state index contributed by atoms with van der Waals surface area (Å²) in [4.78, 5) is 31.1. The molecule has 2 N–H and O–H groups in total. The van der Waals surface area contributed by atoms with E-state index in [1.54, 1.807) is 31.2 Å². The van der Waals surface area contributed by atoms with Crippen LogP contribution < -0.4 is 5.73 Å². The Hall–Kier alpha value is -2.38. The number of alkyl halides is 3. The second kappa shape index (κ2) is 6.57. The number of hydrogen-bond donors (Lipinski definition) is 1. The molecule has 156 valence electrons. The first-order valence-corrected chi connectivity index (χ1v) is 9.89. The number of nitrogens with two attached hydrogens (primary N) is 1. The van der Waals surface area contributed by atoms with E-state index in [1.807, 2.05) is 0 Å². The fraction of sp³-hybridized carbons (Fsp3) is 0.571. The second-order valence-electron chi connectivity index (χ2n) is 8.75. The summed E-state index contributed by atoms with van der Waals surface area (Å²) in [5.74, 6) is -0.256. The molecule has 1 amide bonds. The Morgan fingerprint density at radius 1 is 1.31 bits per heavy atom. The highest BCUT2D eigenvalue weighted by molar-refractivity contribution is 5.99. The maximum Gasteiger partial charge on any atom is 0.401 e. The van der Waals surface area contributed by atoms with Crippen LogP contribution in [0, 0.1) is 11.3 Å². The Bertz CT molecular complexity index is 887. The lowest BCUT2D eigenvalue weighted by molar-refractivity contribution is -0.190. The van der Waals surface area contributed by atoms with Gasteiger partial charge in [0.25, 0.3) is 0 Å². The van der Waals surface area contributed by atoms with Crippen molar-refractivity contribution in [3.8, 4) is 0 Å². The number of nitrogens with zero attached hydrogens (tertiary/aromatic N) is 2. The minimum Gasteiger partial charge on any atom is -0.369 e. The summed E-state index contributed by atoms with van der Waals surface area (Å²) in [5.41, 5.74) is 4.14. The standard InChI is InChI=1S/C21H24F3N3O2/c1-19(11-17(29)27(18(25)26-19)12-13-5-6-13)15-4-2-3-14(9-15)10-16(28)20(7-8-20)21(22,23)24/h2-4,9,13H,5-8,10-12H2,1H3,(H2,25,26)/t19-/m0/s1. The molecule has 0 bridgehead atoms. The van der Waals surface area contributed by atoms with Gasteiger partial charge in [-0.15, -0.1) is 0 Å². The Morgan fingerprint density at radius 3 is 2.55 bits per heavy atom. The van der Waals surface area contributed by atoms with Crippen LogP contribution in [0.1, 0.15) is 50.2 Å². The number of halogens is 3. The molecule has 1 aromatic rings. The first-order chi connectivity index (χ1) is 13.5. The van der Waals surface area contributed by atoms with Gasteiger partial charge in [0, 0.05) is 13.0 Å². The number of ketones is 1. The number of amides is 1. The summed E-state index contributed by atoms with van der Waals surface area (Å²) in [6.07, 6.45) is -2.77. The average Bonchev–Trinajstić information content (AvgIpc) is 3.52. The highest BCUT2D eigenvalue weighted by Gasteiger charge is 2.67. The van der Waals surface area contributed by atoms with Crippen LogP contribution in [-0.2, 0) is 21.5 Å². The summed E-state index contributed by atoms with van der Waals surface area (Å²) in [6, 6.07) is 6.76. The van der Waals surface area contributed by atoms with E-state index in [0.29, 0.717) is 23.6 Å². The molecule has 4 rings (SSSR count). The van der Waals surface area contributed by atoms with Gasteiger partial charge in [-0.3, -0.25) is 14.5 Å². The maximum atomic E-state index is 13.2. The van der Waals surface area contributed by atoms with E-state index >= 15 is 0 Å². The van der Waals surface area contributed by atoms with Crippen molar-refractivity contribution in [1.82, 2.24) is 4.90 Å². The van der Waals surface area contributed by atoms with E-state index < -0.39 is 22.9 Å². The minimum atomic E-state index is -4.51. The van der Waals surface area contributed by atoms with Crippen LogP contribution >= 0.6 is 0 Å². The second-order valence-corrected chi connectivity index (χ2v) is 8.75. The lowest BCUT2D eigenvalue weighted by Gasteiger charge is -2.35. The lowest BCUT2D eigenvalue weighted by Crippen LogP contribution is -2.50. The molecule has 8 heteroatoms. The number of rotatable bonds is 6. The van der Waals surface area contributed by atoms with Crippen molar-refractivity contribution in [3.05, 3.63) is 35.4 Å². The molecule has 3 aliphatic rings. The van der Waals surface area contributed by atoms with Crippen molar-refractivity contribution in [2.75, 3.05) is 6.54 Å². The average molecular weight is 407 g/mol. The van der Waals surface area contributed by atoms with Crippen molar-refractivity contribution in [3.63, 3.8) is 0 Å². The molecular weight excluding hydrogens is 383 g/mol. The molecule has 1 aliphatic heterocycles. The third kappa shape index (κ3) is 3.65. The van der Waals surface area contributed by atoms with Crippen molar-refractivity contribution in [2.45, 2.75) is 57.2 Å². The number of benzene rings is 1. The van der Waals surface area contributed by atoms with Crippen LogP contribution in [0.15, 0.2) is 29.3 Å². The molecule has 1 aromatic carbocycles. The zero-order valence-corrected chi connectivity index (χ0v) is 16.3. The monoisotopic (exact) mass is 407 g/mol. The summed E-state index contributed by atoms with van der Waals surface area (Å²) >= 11 is 0. The maximum absolute atomic E-state index is 13.2. The van der Waals surface area contributed by atoms with Crippen LogP contribution in [0.4, 0.5) is 13.2 Å². The molecule has 29 heavy (non-hydrogen) atoms. The highest BCUT2D eigenvalue weighted by atomic mass is 19.4. The molecule has 0 radical (unpaired) electrons. The SMILES string of the molecule is C[C@@]1(c2cccc(CC(=O)C3(C(F)(F)F)CC3)c2)CC(=O)N(CC2CC2)C(N)=N1. The van der Waals surface area contributed by atoms with Gasteiger partial charge in [0.2, 0.25) is 5.91 Å². The summed E-state index contributed by atoms with van der Waals surface area (Å²) in [6.45, 7) is 2.36. The molecule has 2 fully saturated rings. The fourth-order valence-corrected chi connectivity index (χ4v) is 4.01. The number of guanidine groups is 1. The third-order valence-corrected chi connectivity index (χ3v) is 6.31. The van der Waals surface area contributed by atoms with Crippen LogP contribution in [-0.4, -0.2) is 35.3 Å². The zero-order chi connectivity index (χ0) is 21.0. The molecule has 0 unspecified atom stereocenters. The van der Waals surface area contributed by atoms with Gasteiger partial charge in [-0.1, -0.05) is 24.3 Å². The Labute approximate surface area is 167 Å². The summed E-state index contributed by atoms with van der Waals surface area (Å²) in [7, 11) is 0. The van der Waals surface area contributed by atoms with E-state index in [9.17, 15) is 22.8 Å². The lowest BCUT2D eigenvalue weighted by atomic mass is 9.85. The number of carbonyl (C=O) groups excluding carboxylic acids is 2. The first-order valence-electron chi connectivity index (χ1n) is 9.89. The molecule has 2 aliphatic carbocycles. The van der Waals surface area contributed by atoms with Crippen molar-refractivity contribution >= 4 is 17.6 Å². The molecule has 1 heterocycles. The van der Waals surface area contributed by atoms with Crippen LogP contribution in [0.5, 0.6) is 0 Å². The van der Waals surface area contributed by atoms with Gasteiger partial charge in [-0.25, -0.2) is 4.99 Å². The third-order valence-electron chi connectivity index (χ3n) is 6.31. The summed E-state index contributed by atoms with van der Waals surface area (Å²) in [5, 5.41) is 0. The molecule has 5 nitrogen and oxygen atoms in total. The fourth-order valence-electron chi connectivity index (χ4n) is 4.01. The van der Waals surface area contributed by atoms with Gasteiger partial charge < -0.3 is 5.73 Å². The quantitative estimate of drug-likeness (QED) is 0.786. The highest BCUT2D eigenvalue weighted by Crippen LogP contribution is 2.58. The van der Waals surface area contributed by atoms with E-state index in [0.717, 1.165) is 12.8 Å². The predicted molar refractivity (Wildman–Crippen MR) is 101 cm³/mol. The molecule has 0 aromatic heterocycles. The summed E-state index contributed by atoms with van der Waals surface area (Å²) < 4.78 is 39.6. The molecular formula is C21H24F3N3O2. The molecule has 0 saturated heterocycles. The van der Waals surface area contributed by atoms with Crippen molar-refractivity contribution < 1.29 is 22.8 Å². The minimum absolute atomic E-state index is 0.109. The largest absolute Gasteiger partial charge is 0.401 e.